The Bertz CT molecular complexity index is 545. The number of nitrogens with two attached hydrogens (primary N) is 1. The number of hydrogen-bond acceptors (Lipinski definition) is 5. The number of nitrogens with one attached hydrogen (secondary N) is 1. The molecule has 0 unspecified atom stereocenters. The molecule has 0 atom stereocenters. The number of halogens is 2. The zero-order valence-electron chi connectivity index (χ0n) is 10.4. The minimum Gasteiger partial charge on any atom is -0.467 e. The third-order valence-corrected chi connectivity index (χ3v) is 3.22. The van der Waals surface area contributed by atoms with Gasteiger partial charge in [-0.15, -0.1) is 0 Å². The zero-order valence-corrected chi connectivity index (χ0v) is 11.9. The first-order valence-electron chi connectivity index (χ1n) is 5.75. The van der Waals surface area contributed by atoms with Crippen LogP contribution in [-0.2, 0) is 6.54 Å². The van der Waals surface area contributed by atoms with Gasteiger partial charge in [-0.2, -0.15) is 0 Å². The van der Waals surface area contributed by atoms with Crippen molar-refractivity contribution >= 4 is 34.8 Å². The van der Waals surface area contributed by atoms with Crippen molar-refractivity contribution in [2.45, 2.75) is 13.5 Å². The van der Waals surface area contributed by atoms with E-state index >= 15 is 0 Å². The lowest BCUT2D eigenvalue weighted by atomic mass is 10.3. The van der Waals surface area contributed by atoms with Gasteiger partial charge in [0.05, 0.1) is 22.9 Å². The molecule has 0 amide bonds. The highest BCUT2D eigenvalue weighted by Gasteiger charge is 2.15. The Labute approximate surface area is 121 Å². The van der Waals surface area contributed by atoms with Crippen molar-refractivity contribution in [2.24, 2.45) is 5.84 Å². The van der Waals surface area contributed by atoms with E-state index in [-0.39, 0.29) is 0 Å². The monoisotopic (exact) mass is 300 g/mol. The van der Waals surface area contributed by atoms with E-state index in [1.165, 1.54) is 0 Å². The summed E-state index contributed by atoms with van der Waals surface area (Å²) in [7, 11) is 0. The summed E-state index contributed by atoms with van der Waals surface area (Å²) < 4.78 is 5.33. The standard InChI is InChI=1S/C12H14Cl2N4O/c1-2-18(7-8-4-3-5-19-8)12-10(14)6-9(13)11(16-12)17-15/h3-6H,2,7,15H2,1H3,(H,16,17). The Morgan fingerprint density at radius 1 is 1.42 bits per heavy atom. The first-order chi connectivity index (χ1) is 9.15. The van der Waals surface area contributed by atoms with Gasteiger partial charge in [0.1, 0.15) is 11.6 Å². The molecule has 7 heteroatoms. The molecule has 0 saturated heterocycles. The molecule has 0 radical (unpaired) electrons. The lowest BCUT2D eigenvalue weighted by Crippen LogP contribution is -2.24. The van der Waals surface area contributed by atoms with Gasteiger partial charge in [0.25, 0.3) is 0 Å². The Morgan fingerprint density at radius 2 is 2.21 bits per heavy atom. The van der Waals surface area contributed by atoms with Crippen LogP contribution in [0.25, 0.3) is 0 Å². The first kappa shape index (κ1) is 14.0. The van der Waals surface area contributed by atoms with E-state index in [9.17, 15) is 0 Å². The summed E-state index contributed by atoms with van der Waals surface area (Å²) in [5, 5.41) is 0.850. The van der Waals surface area contributed by atoms with Crippen molar-refractivity contribution < 1.29 is 4.42 Å². The molecule has 3 N–H and O–H groups in total. The first-order valence-corrected chi connectivity index (χ1v) is 6.51. The van der Waals surface area contributed by atoms with E-state index in [4.69, 9.17) is 33.5 Å². The minimum atomic E-state index is 0.380. The molecule has 0 bridgehead atoms. The predicted molar refractivity (Wildman–Crippen MR) is 77.5 cm³/mol. The van der Waals surface area contributed by atoms with Gasteiger partial charge in [0.2, 0.25) is 0 Å². The number of rotatable bonds is 5. The van der Waals surface area contributed by atoms with Crippen molar-refractivity contribution in [3.8, 4) is 0 Å². The summed E-state index contributed by atoms with van der Waals surface area (Å²) in [6.07, 6.45) is 1.63. The molecule has 2 rings (SSSR count). The third-order valence-electron chi connectivity index (χ3n) is 2.66. The van der Waals surface area contributed by atoms with Gasteiger partial charge in [0.15, 0.2) is 5.82 Å². The number of nitrogen functional groups attached to an aromatic ring is 1. The van der Waals surface area contributed by atoms with Gasteiger partial charge in [-0.25, -0.2) is 10.8 Å². The molecule has 0 aliphatic carbocycles. The van der Waals surface area contributed by atoms with E-state index in [1.807, 2.05) is 24.0 Å². The zero-order chi connectivity index (χ0) is 13.8. The Hall–Kier alpha value is -1.43. The van der Waals surface area contributed by atoms with Gasteiger partial charge >= 0.3 is 0 Å². The molecule has 0 saturated carbocycles. The van der Waals surface area contributed by atoms with Crippen LogP contribution in [0.1, 0.15) is 12.7 Å². The second-order valence-electron chi connectivity index (χ2n) is 3.86. The molecule has 0 aliphatic rings. The second kappa shape index (κ2) is 6.14. The molecule has 0 fully saturated rings. The summed E-state index contributed by atoms with van der Waals surface area (Å²) in [4.78, 5) is 6.30. The van der Waals surface area contributed by atoms with Gasteiger partial charge in [-0.05, 0) is 25.1 Å². The van der Waals surface area contributed by atoms with Crippen molar-refractivity contribution in [3.63, 3.8) is 0 Å². The maximum atomic E-state index is 6.18. The van der Waals surface area contributed by atoms with Gasteiger partial charge in [-0.1, -0.05) is 23.2 Å². The average molecular weight is 301 g/mol. The number of hydrogen-bond donors (Lipinski definition) is 2. The Morgan fingerprint density at radius 3 is 2.79 bits per heavy atom. The van der Waals surface area contributed by atoms with Crippen LogP contribution < -0.4 is 16.2 Å². The molecule has 2 aromatic heterocycles. The van der Waals surface area contributed by atoms with Crippen molar-refractivity contribution in [2.75, 3.05) is 16.9 Å². The maximum absolute atomic E-state index is 6.18. The van der Waals surface area contributed by atoms with E-state index in [0.29, 0.717) is 28.2 Å². The molecular formula is C12H14Cl2N4O. The summed E-state index contributed by atoms with van der Waals surface area (Å²) in [5.74, 6) is 7.20. The maximum Gasteiger partial charge on any atom is 0.161 e. The fourth-order valence-electron chi connectivity index (χ4n) is 1.71. The van der Waals surface area contributed by atoms with Crippen LogP contribution in [0.15, 0.2) is 28.9 Å². The summed E-state index contributed by atoms with van der Waals surface area (Å²) in [6, 6.07) is 5.35. The highest BCUT2D eigenvalue weighted by Crippen LogP contribution is 2.31. The van der Waals surface area contributed by atoms with Crippen molar-refractivity contribution in [3.05, 3.63) is 40.3 Å². The molecule has 2 heterocycles. The Kier molecular flexibility index (Phi) is 4.52. The number of nitrogens with zero attached hydrogens (tertiary/aromatic N) is 2. The molecule has 0 aromatic carbocycles. The number of hydrazine groups is 1. The van der Waals surface area contributed by atoms with E-state index in [0.717, 1.165) is 12.3 Å². The van der Waals surface area contributed by atoms with Crippen LogP contribution in [0.5, 0.6) is 0 Å². The van der Waals surface area contributed by atoms with Crippen molar-refractivity contribution in [1.29, 1.82) is 0 Å². The predicted octanol–water partition coefficient (Wildman–Crippen LogP) is 3.29. The van der Waals surface area contributed by atoms with Crippen LogP contribution in [0.4, 0.5) is 11.6 Å². The fourth-order valence-corrected chi connectivity index (χ4v) is 2.24. The quantitative estimate of drug-likeness (QED) is 0.655. The van der Waals surface area contributed by atoms with Gasteiger partial charge in [-0.3, -0.25) is 0 Å². The number of aromatic nitrogens is 1. The van der Waals surface area contributed by atoms with E-state index in [2.05, 4.69) is 10.4 Å². The van der Waals surface area contributed by atoms with Crippen LogP contribution >= 0.6 is 23.2 Å². The average Bonchev–Trinajstić information content (AvgIpc) is 2.89. The molecule has 102 valence electrons. The third kappa shape index (κ3) is 3.12. The number of pyridine rings is 1. The van der Waals surface area contributed by atoms with Gasteiger partial charge < -0.3 is 14.7 Å². The summed E-state index contributed by atoms with van der Waals surface area (Å²) >= 11 is 12.2. The SMILES string of the molecule is CCN(Cc1ccco1)c1nc(NN)c(Cl)cc1Cl. The van der Waals surface area contributed by atoms with Gasteiger partial charge in [0, 0.05) is 6.54 Å². The topological polar surface area (TPSA) is 67.3 Å². The lowest BCUT2D eigenvalue weighted by Gasteiger charge is -2.22. The molecule has 19 heavy (non-hydrogen) atoms. The summed E-state index contributed by atoms with van der Waals surface area (Å²) in [5.41, 5.74) is 2.45. The fraction of sp³-hybridized carbons (Fsp3) is 0.250. The molecular weight excluding hydrogens is 287 g/mol. The highest BCUT2D eigenvalue weighted by molar-refractivity contribution is 6.37. The molecule has 2 aromatic rings. The second-order valence-corrected chi connectivity index (χ2v) is 4.68. The largest absolute Gasteiger partial charge is 0.467 e. The lowest BCUT2D eigenvalue weighted by molar-refractivity contribution is 0.503. The van der Waals surface area contributed by atoms with Crippen LogP contribution in [0, 0.1) is 0 Å². The highest BCUT2D eigenvalue weighted by atomic mass is 35.5. The van der Waals surface area contributed by atoms with E-state index in [1.54, 1.807) is 12.3 Å². The number of anilines is 2. The van der Waals surface area contributed by atoms with Crippen LogP contribution in [-0.4, -0.2) is 11.5 Å². The Balaban J connectivity index is 2.32. The van der Waals surface area contributed by atoms with Crippen LogP contribution in [0.2, 0.25) is 10.0 Å². The molecule has 5 nitrogen and oxygen atoms in total. The van der Waals surface area contributed by atoms with Crippen LogP contribution in [0.3, 0.4) is 0 Å². The smallest absolute Gasteiger partial charge is 0.161 e. The minimum absolute atomic E-state index is 0.380. The van der Waals surface area contributed by atoms with E-state index < -0.39 is 0 Å². The normalized spacial score (nSPS) is 10.5. The number of furan rings is 1. The molecule has 0 spiro atoms. The molecule has 0 aliphatic heterocycles. The van der Waals surface area contributed by atoms with Crippen molar-refractivity contribution in [1.82, 2.24) is 4.98 Å². The summed E-state index contributed by atoms with van der Waals surface area (Å²) in [6.45, 7) is 3.30.